The third kappa shape index (κ3) is 4.02. The maximum Gasteiger partial charge on any atom is 0.272 e. The summed E-state index contributed by atoms with van der Waals surface area (Å²) in [5.74, 6) is -0.891. The highest BCUT2D eigenvalue weighted by molar-refractivity contribution is 5.99. The Hall–Kier alpha value is -2.96. The van der Waals surface area contributed by atoms with Crippen LogP contribution >= 0.6 is 0 Å². The van der Waals surface area contributed by atoms with Crippen molar-refractivity contribution in [3.05, 3.63) is 47.8 Å². The molecule has 7 nitrogen and oxygen atoms in total. The van der Waals surface area contributed by atoms with E-state index in [-0.39, 0.29) is 23.9 Å². The first-order chi connectivity index (χ1) is 10.5. The van der Waals surface area contributed by atoms with Crippen molar-refractivity contribution < 1.29 is 14.4 Å². The van der Waals surface area contributed by atoms with Crippen LogP contribution in [-0.4, -0.2) is 33.9 Å². The van der Waals surface area contributed by atoms with E-state index in [1.54, 1.807) is 43.6 Å². The molecule has 0 fully saturated rings. The second-order valence-electron chi connectivity index (χ2n) is 4.74. The van der Waals surface area contributed by atoms with Crippen molar-refractivity contribution in [1.29, 1.82) is 0 Å². The molecule has 1 aromatic heterocycles. The van der Waals surface area contributed by atoms with E-state index in [0.717, 1.165) is 0 Å². The van der Waals surface area contributed by atoms with Gasteiger partial charge in [-0.25, -0.2) is 0 Å². The van der Waals surface area contributed by atoms with Gasteiger partial charge in [0.2, 0.25) is 5.91 Å². The fraction of sp³-hybridized carbons (Fsp3) is 0.200. The molecule has 7 heteroatoms. The summed E-state index contributed by atoms with van der Waals surface area (Å²) in [6, 6.07) is 8.16. The van der Waals surface area contributed by atoms with Crippen molar-refractivity contribution in [2.45, 2.75) is 6.92 Å². The van der Waals surface area contributed by atoms with Crippen molar-refractivity contribution in [2.75, 3.05) is 11.9 Å². The molecule has 0 unspecified atom stereocenters. The van der Waals surface area contributed by atoms with Gasteiger partial charge in [0, 0.05) is 24.5 Å². The van der Waals surface area contributed by atoms with E-state index in [1.165, 1.54) is 11.6 Å². The first-order valence-electron chi connectivity index (χ1n) is 6.64. The number of rotatable bonds is 5. The monoisotopic (exact) mass is 300 g/mol. The second kappa shape index (κ2) is 6.66. The van der Waals surface area contributed by atoms with Gasteiger partial charge < -0.3 is 10.6 Å². The SMILES string of the molecule is CC(=O)c1cccc(NC(=O)CNC(=O)c2ccn(C)n2)c1. The maximum atomic E-state index is 11.8. The van der Waals surface area contributed by atoms with Crippen LogP contribution in [0.4, 0.5) is 5.69 Å². The zero-order valence-electron chi connectivity index (χ0n) is 12.3. The smallest absolute Gasteiger partial charge is 0.272 e. The Bertz CT molecular complexity index is 721. The minimum Gasteiger partial charge on any atom is -0.342 e. The number of hydrogen-bond donors (Lipinski definition) is 2. The topological polar surface area (TPSA) is 93.1 Å². The Morgan fingerprint density at radius 3 is 2.64 bits per heavy atom. The zero-order valence-corrected chi connectivity index (χ0v) is 12.3. The quantitative estimate of drug-likeness (QED) is 0.805. The Balaban J connectivity index is 1.89. The number of benzene rings is 1. The summed E-state index contributed by atoms with van der Waals surface area (Å²) >= 11 is 0. The number of carbonyl (C=O) groups is 3. The Kier molecular flexibility index (Phi) is 4.67. The minimum absolute atomic E-state index is 0.0837. The lowest BCUT2D eigenvalue weighted by Gasteiger charge is -2.07. The highest BCUT2D eigenvalue weighted by Gasteiger charge is 2.11. The lowest BCUT2D eigenvalue weighted by Crippen LogP contribution is -2.33. The first kappa shape index (κ1) is 15.4. The van der Waals surface area contributed by atoms with Crippen molar-refractivity contribution in [3.63, 3.8) is 0 Å². The van der Waals surface area contributed by atoms with Gasteiger partial charge in [-0.2, -0.15) is 5.10 Å². The predicted octanol–water partition coefficient (Wildman–Crippen LogP) is 0.991. The number of ketones is 1. The van der Waals surface area contributed by atoms with E-state index in [0.29, 0.717) is 11.3 Å². The highest BCUT2D eigenvalue weighted by Crippen LogP contribution is 2.10. The molecule has 0 saturated carbocycles. The van der Waals surface area contributed by atoms with Crippen LogP contribution in [0, 0.1) is 0 Å². The fourth-order valence-electron chi connectivity index (χ4n) is 1.81. The molecule has 22 heavy (non-hydrogen) atoms. The molecule has 2 aromatic rings. The zero-order chi connectivity index (χ0) is 16.1. The van der Waals surface area contributed by atoms with Crippen molar-refractivity contribution >= 4 is 23.3 Å². The van der Waals surface area contributed by atoms with Crippen LogP contribution in [0.25, 0.3) is 0 Å². The molecule has 0 aliphatic rings. The normalized spacial score (nSPS) is 10.1. The number of hydrogen-bond acceptors (Lipinski definition) is 4. The second-order valence-corrected chi connectivity index (χ2v) is 4.74. The summed E-state index contributed by atoms with van der Waals surface area (Å²) in [6.45, 7) is 1.27. The summed E-state index contributed by atoms with van der Waals surface area (Å²) in [6.07, 6.45) is 1.64. The van der Waals surface area contributed by atoms with Crippen molar-refractivity contribution in [3.8, 4) is 0 Å². The molecular weight excluding hydrogens is 284 g/mol. The number of anilines is 1. The van der Waals surface area contributed by atoms with Crippen molar-refractivity contribution in [1.82, 2.24) is 15.1 Å². The molecule has 0 saturated heterocycles. The Morgan fingerprint density at radius 1 is 1.23 bits per heavy atom. The summed E-state index contributed by atoms with van der Waals surface area (Å²) in [7, 11) is 1.70. The highest BCUT2D eigenvalue weighted by atomic mass is 16.2. The van der Waals surface area contributed by atoms with Gasteiger partial charge in [0.1, 0.15) is 5.69 Å². The molecule has 0 atom stereocenters. The number of Topliss-reactive ketones (excluding diaryl/α,β-unsaturated/α-hetero) is 1. The summed E-state index contributed by atoms with van der Waals surface area (Å²) < 4.78 is 1.50. The number of carbonyl (C=O) groups excluding carboxylic acids is 3. The molecule has 2 rings (SSSR count). The third-order valence-corrected chi connectivity index (χ3v) is 2.91. The van der Waals surface area contributed by atoms with E-state index in [4.69, 9.17) is 0 Å². The van der Waals surface area contributed by atoms with Gasteiger partial charge in [0.15, 0.2) is 5.78 Å². The predicted molar refractivity (Wildman–Crippen MR) is 80.6 cm³/mol. The molecule has 0 radical (unpaired) electrons. The summed E-state index contributed by atoms with van der Waals surface area (Å²) in [5.41, 5.74) is 1.26. The molecule has 2 N–H and O–H groups in total. The van der Waals surface area contributed by atoms with Gasteiger partial charge in [0.05, 0.1) is 6.54 Å². The van der Waals surface area contributed by atoms with Crippen LogP contribution in [0.2, 0.25) is 0 Å². The van der Waals surface area contributed by atoms with Gasteiger partial charge in [-0.1, -0.05) is 12.1 Å². The van der Waals surface area contributed by atoms with Crippen LogP contribution in [0.3, 0.4) is 0 Å². The van der Waals surface area contributed by atoms with E-state index < -0.39 is 5.91 Å². The van der Waals surface area contributed by atoms with Gasteiger partial charge in [0.25, 0.3) is 5.91 Å². The maximum absolute atomic E-state index is 11.8. The molecule has 1 heterocycles. The molecule has 0 spiro atoms. The van der Waals surface area contributed by atoms with E-state index in [2.05, 4.69) is 15.7 Å². The lowest BCUT2D eigenvalue weighted by molar-refractivity contribution is -0.115. The number of nitrogens with zero attached hydrogens (tertiary/aromatic N) is 2. The van der Waals surface area contributed by atoms with Crippen LogP contribution in [0.5, 0.6) is 0 Å². The van der Waals surface area contributed by atoms with E-state index in [9.17, 15) is 14.4 Å². The Labute approximate surface area is 127 Å². The molecule has 114 valence electrons. The van der Waals surface area contributed by atoms with Crippen LogP contribution in [0.1, 0.15) is 27.8 Å². The largest absolute Gasteiger partial charge is 0.342 e. The van der Waals surface area contributed by atoms with Gasteiger partial charge >= 0.3 is 0 Å². The number of nitrogens with one attached hydrogen (secondary N) is 2. The van der Waals surface area contributed by atoms with Crippen LogP contribution in [0.15, 0.2) is 36.5 Å². The average Bonchev–Trinajstić information content (AvgIpc) is 2.91. The fourth-order valence-corrected chi connectivity index (χ4v) is 1.81. The van der Waals surface area contributed by atoms with Gasteiger partial charge in [-0.05, 0) is 25.1 Å². The Morgan fingerprint density at radius 2 is 2.00 bits per heavy atom. The van der Waals surface area contributed by atoms with E-state index in [1.807, 2.05) is 0 Å². The summed E-state index contributed by atoms with van der Waals surface area (Å²) in [4.78, 5) is 34.8. The van der Waals surface area contributed by atoms with Crippen molar-refractivity contribution in [2.24, 2.45) is 7.05 Å². The number of aromatic nitrogens is 2. The van der Waals surface area contributed by atoms with Gasteiger partial charge in [-0.15, -0.1) is 0 Å². The molecule has 0 bridgehead atoms. The van der Waals surface area contributed by atoms with Gasteiger partial charge in [-0.3, -0.25) is 19.1 Å². The molecule has 0 aliphatic carbocycles. The molecular formula is C15H16N4O3. The van der Waals surface area contributed by atoms with Crippen LogP contribution < -0.4 is 10.6 Å². The molecule has 1 aromatic carbocycles. The van der Waals surface area contributed by atoms with Crippen LogP contribution in [-0.2, 0) is 11.8 Å². The summed E-state index contributed by atoms with van der Waals surface area (Å²) in [5, 5.41) is 9.03. The minimum atomic E-state index is -0.423. The molecule has 0 aliphatic heterocycles. The van der Waals surface area contributed by atoms with E-state index >= 15 is 0 Å². The average molecular weight is 300 g/mol. The number of amides is 2. The lowest BCUT2D eigenvalue weighted by atomic mass is 10.1. The number of aryl methyl sites for hydroxylation is 1. The molecule has 2 amide bonds. The third-order valence-electron chi connectivity index (χ3n) is 2.91. The standard InChI is InChI=1S/C15H16N4O3/c1-10(20)11-4-3-5-12(8-11)17-14(21)9-16-15(22)13-6-7-19(2)18-13/h3-8H,9H2,1-2H3,(H,16,22)(H,17,21). The first-order valence-corrected chi connectivity index (χ1v) is 6.64.